The van der Waals surface area contributed by atoms with E-state index in [-0.39, 0.29) is 21.5 Å². The number of pyridine rings is 1. The van der Waals surface area contributed by atoms with Crippen LogP contribution in [0, 0.1) is 0 Å². The maximum atomic E-state index is 12.3. The van der Waals surface area contributed by atoms with E-state index >= 15 is 0 Å². The number of sulfonamides is 1. The summed E-state index contributed by atoms with van der Waals surface area (Å²) in [6.45, 7) is 1.76. The Morgan fingerprint density at radius 3 is 2.50 bits per heavy atom. The van der Waals surface area contributed by atoms with E-state index in [1.165, 1.54) is 37.5 Å². The van der Waals surface area contributed by atoms with Crippen molar-refractivity contribution in [2.24, 2.45) is 0 Å². The number of anilines is 1. The summed E-state index contributed by atoms with van der Waals surface area (Å²) >= 11 is 5.88. The zero-order valence-corrected chi connectivity index (χ0v) is 13.3. The van der Waals surface area contributed by atoms with Gasteiger partial charge in [0.2, 0.25) is 5.91 Å². The smallest absolute Gasteiger partial charge is 0.261 e. The molecule has 8 heteroatoms. The Morgan fingerprint density at radius 2 is 1.91 bits per heavy atom. The number of hydrogen-bond donors (Lipinski definition) is 2. The molecule has 0 aliphatic carbocycles. The van der Waals surface area contributed by atoms with Crippen LogP contribution in [0.1, 0.15) is 12.5 Å². The molecule has 0 fully saturated rings. The number of amides is 1. The first kappa shape index (κ1) is 16.3. The molecule has 1 amide bonds. The maximum Gasteiger partial charge on any atom is 0.261 e. The zero-order chi connectivity index (χ0) is 16.2. The number of halogens is 1. The van der Waals surface area contributed by atoms with Gasteiger partial charge in [-0.05, 0) is 23.8 Å². The molecule has 0 unspecified atom stereocenters. The second-order valence-electron chi connectivity index (χ2n) is 4.51. The third kappa shape index (κ3) is 4.19. The van der Waals surface area contributed by atoms with Gasteiger partial charge in [0.25, 0.3) is 10.0 Å². The van der Waals surface area contributed by atoms with Crippen LogP contribution in [0.25, 0.3) is 0 Å². The summed E-state index contributed by atoms with van der Waals surface area (Å²) in [6, 6.07) is 7.69. The van der Waals surface area contributed by atoms with Gasteiger partial charge in [-0.3, -0.25) is 14.5 Å². The molecule has 0 spiro atoms. The van der Waals surface area contributed by atoms with Crippen molar-refractivity contribution in [1.82, 2.24) is 10.3 Å². The second kappa shape index (κ2) is 6.76. The molecule has 0 saturated carbocycles. The van der Waals surface area contributed by atoms with Gasteiger partial charge in [0.15, 0.2) is 0 Å². The highest BCUT2D eigenvalue weighted by molar-refractivity contribution is 7.92. The molecule has 22 heavy (non-hydrogen) atoms. The van der Waals surface area contributed by atoms with Crippen LogP contribution >= 0.6 is 11.6 Å². The molecule has 2 aromatic rings. The van der Waals surface area contributed by atoms with E-state index < -0.39 is 10.0 Å². The Kier molecular flexibility index (Phi) is 4.99. The Balaban J connectivity index is 2.16. The van der Waals surface area contributed by atoms with Crippen molar-refractivity contribution in [3.05, 3.63) is 53.3 Å². The van der Waals surface area contributed by atoms with E-state index in [2.05, 4.69) is 15.0 Å². The number of nitrogens with zero attached hydrogens (tertiary/aromatic N) is 1. The Morgan fingerprint density at radius 1 is 1.23 bits per heavy atom. The van der Waals surface area contributed by atoms with Gasteiger partial charge in [0.1, 0.15) is 0 Å². The van der Waals surface area contributed by atoms with E-state index in [4.69, 9.17) is 11.6 Å². The van der Waals surface area contributed by atoms with Crippen LogP contribution in [-0.2, 0) is 21.4 Å². The molecular weight excluding hydrogens is 326 g/mol. The standard InChI is InChI=1S/C14H14ClN3O3S/c1-10(19)17-8-11-2-4-12(5-3-11)22(20,21)18-14-6-7-16-9-13(14)15/h2-7,9H,8H2,1H3,(H,16,18)(H,17,19). The molecule has 2 rings (SSSR count). The lowest BCUT2D eigenvalue weighted by Gasteiger charge is -2.10. The normalized spacial score (nSPS) is 11.0. The van der Waals surface area contributed by atoms with Crippen LogP contribution in [0.3, 0.4) is 0 Å². The highest BCUT2D eigenvalue weighted by Gasteiger charge is 2.15. The molecule has 116 valence electrons. The van der Waals surface area contributed by atoms with Crippen LogP contribution < -0.4 is 10.0 Å². The third-order valence-electron chi connectivity index (χ3n) is 2.79. The van der Waals surface area contributed by atoms with E-state index in [1.54, 1.807) is 12.1 Å². The van der Waals surface area contributed by atoms with Crippen molar-refractivity contribution in [2.45, 2.75) is 18.4 Å². The maximum absolute atomic E-state index is 12.3. The van der Waals surface area contributed by atoms with Crippen LogP contribution in [0.4, 0.5) is 5.69 Å². The fourth-order valence-corrected chi connectivity index (χ4v) is 2.98. The highest BCUT2D eigenvalue weighted by Crippen LogP contribution is 2.23. The summed E-state index contributed by atoms with van der Waals surface area (Å²) in [7, 11) is -3.73. The van der Waals surface area contributed by atoms with Gasteiger partial charge in [0.05, 0.1) is 15.6 Å². The van der Waals surface area contributed by atoms with Crippen molar-refractivity contribution in [1.29, 1.82) is 0 Å². The summed E-state index contributed by atoms with van der Waals surface area (Å²) in [5, 5.41) is 2.85. The largest absolute Gasteiger partial charge is 0.352 e. The molecule has 0 aliphatic rings. The number of hydrogen-bond acceptors (Lipinski definition) is 4. The monoisotopic (exact) mass is 339 g/mol. The quantitative estimate of drug-likeness (QED) is 0.873. The predicted octanol–water partition coefficient (Wildman–Crippen LogP) is 2.17. The average molecular weight is 340 g/mol. The summed E-state index contributed by atoms with van der Waals surface area (Å²) in [4.78, 5) is 14.7. The highest BCUT2D eigenvalue weighted by atomic mass is 35.5. The van der Waals surface area contributed by atoms with Gasteiger partial charge in [-0.2, -0.15) is 0 Å². The molecular formula is C14H14ClN3O3S. The molecule has 0 radical (unpaired) electrons. The molecule has 1 heterocycles. The summed E-state index contributed by atoms with van der Waals surface area (Å²) in [5.74, 6) is -0.148. The third-order valence-corrected chi connectivity index (χ3v) is 4.47. The number of aromatic nitrogens is 1. The topological polar surface area (TPSA) is 88.2 Å². The number of carbonyl (C=O) groups excluding carboxylic acids is 1. The number of benzene rings is 1. The van der Waals surface area contributed by atoms with Crippen LogP contribution in [0.15, 0.2) is 47.6 Å². The molecule has 0 atom stereocenters. The molecule has 6 nitrogen and oxygen atoms in total. The van der Waals surface area contributed by atoms with Gasteiger partial charge >= 0.3 is 0 Å². The van der Waals surface area contributed by atoms with Crippen molar-refractivity contribution in [3.8, 4) is 0 Å². The molecule has 0 aliphatic heterocycles. The van der Waals surface area contributed by atoms with E-state index in [9.17, 15) is 13.2 Å². The Hall–Kier alpha value is -2.12. The SMILES string of the molecule is CC(=O)NCc1ccc(S(=O)(=O)Nc2ccncc2Cl)cc1. The molecule has 2 N–H and O–H groups in total. The lowest BCUT2D eigenvalue weighted by Crippen LogP contribution is -2.19. The summed E-state index contributed by atoms with van der Waals surface area (Å²) in [6.07, 6.45) is 2.80. The zero-order valence-electron chi connectivity index (χ0n) is 11.7. The molecule has 0 saturated heterocycles. The van der Waals surface area contributed by atoms with Gasteiger partial charge in [-0.15, -0.1) is 0 Å². The van der Waals surface area contributed by atoms with Crippen molar-refractivity contribution in [2.75, 3.05) is 4.72 Å². The van der Waals surface area contributed by atoms with Gasteiger partial charge < -0.3 is 5.32 Å². The lowest BCUT2D eigenvalue weighted by molar-refractivity contribution is -0.119. The Bertz CT molecular complexity index is 776. The number of rotatable bonds is 5. The minimum Gasteiger partial charge on any atom is -0.352 e. The van der Waals surface area contributed by atoms with Gasteiger partial charge in [-0.1, -0.05) is 23.7 Å². The number of nitrogens with one attached hydrogen (secondary N) is 2. The van der Waals surface area contributed by atoms with E-state index in [0.29, 0.717) is 6.54 Å². The first-order valence-electron chi connectivity index (χ1n) is 6.34. The summed E-state index contributed by atoms with van der Waals surface area (Å²) < 4.78 is 26.9. The van der Waals surface area contributed by atoms with Gasteiger partial charge in [0, 0.05) is 25.9 Å². The molecule has 0 bridgehead atoms. The number of carbonyl (C=O) groups is 1. The van der Waals surface area contributed by atoms with Crippen molar-refractivity contribution >= 4 is 33.2 Å². The molecule has 1 aromatic carbocycles. The first-order chi connectivity index (χ1) is 10.4. The first-order valence-corrected chi connectivity index (χ1v) is 8.20. The minimum atomic E-state index is -3.73. The van der Waals surface area contributed by atoms with E-state index in [1.807, 2.05) is 0 Å². The van der Waals surface area contributed by atoms with Crippen LogP contribution in [-0.4, -0.2) is 19.3 Å². The van der Waals surface area contributed by atoms with Gasteiger partial charge in [-0.25, -0.2) is 8.42 Å². The Labute approximate surface area is 133 Å². The summed E-state index contributed by atoms with van der Waals surface area (Å²) in [5.41, 5.74) is 1.06. The van der Waals surface area contributed by atoms with Crippen molar-refractivity contribution < 1.29 is 13.2 Å². The second-order valence-corrected chi connectivity index (χ2v) is 6.60. The fraction of sp³-hybridized carbons (Fsp3) is 0.143. The van der Waals surface area contributed by atoms with E-state index in [0.717, 1.165) is 5.56 Å². The lowest BCUT2D eigenvalue weighted by atomic mass is 10.2. The predicted molar refractivity (Wildman–Crippen MR) is 84.0 cm³/mol. The fourth-order valence-electron chi connectivity index (χ4n) is 1.67. The van der Waals surface area contributed by atoms with Crippen LogP contribution in [0.2, 0.25) is 5.02 Å². The van der Waals surface area contributed by atoms with Crippen molar-refractivity contribution in [3.63, 3.8) is 0 Å². The minimum absolute atomic E-state index is 0.104. The van der Waals surface area contributed by atoms with Crippen LogP contribution in [0.5, 0.6) is 0 Å². The molecule has 1 aromatic heterocycles. The average Bonchev–Trinajstić information content (AvgIpc) is 2.48.